The van der Waals surface area contributed by atoms with E-state index in [1.54, 1.807) is 0 Å². The second-order valence-corrected chi connectivity index (χ2v) is 4.94. The second kappa shape index (κ2) is 4.96. The van der Waals surface area contributed by atoms with E-state index in [9.17, 15) is 0 Å². The summed E-state index contributed by atoms with van der Waals surface area (Å²) in [5.41, 5.74) is 2.52. The maximum absolute atomic E-state index is 4.41. The van der Waals surface area contributed by atoms with Crippen molar-refractivity contribution in [2.45, 2.75) is 45.6 Å². The van der Waals surface area contributed by atoms with Crippen LogP contribution in [0.15, 0.2) is 18.3 Å². The van der Waals surface area contributed by atoms with Crippen LogP contribution in [0.25, 0.3) is 0 Å². The summed E-state index contributed by atoms with van der Waals surface area (Å²) in [6.45, 7) is 7.68. The van der Waals surface area contributed by atoms with E-state index in [4.69, 9.17) is 0 Å². The Morgan fingerprint density at radius 3 is 2.81 bits per heavy atom. The monoisotopic (exact) mass is 218 g/mol. The molecule has 3 atom stereocenters. The third kappa shape index (κ3) is 2.27. The Kier molecular flexibility index (Phi) is 3.59. The van der Waals surface area contributed by atoms with E-state index >= 15 is 0 Å². The maximum atomic E-state index is 4.41. The van der Waals surface area contributed by atoms with Crippen LogP contribution < -0.4 is 5.32 Å². The van der Waals surface area contributed by atoms with Crippen LogP contribution in [0.2, 0.25) is 0 Å². The van der Waals surface area contributed by atoms with Crippen molar-refractivity contribution in [3.8, 4) is 0 Å². The summed E-state index contributed by atoms with van der Waals surface area (Å²) in [4.78, 5) is 4.41. The molecule has 0 aromatic carbocycles. The highest BCUT2D eigenvalue weighted by Crippen LogP contribution is 2.39. The van der Waals surface area contributed by atoms with Crippen LogP contribution in [-0.2, 0) is 0 Å². The smallest absolute Gasteiger partial charge is 0.0372 e. The number of nitrogens with zero attached hydrogens (tertiary/aromatic N) is 1. The molecule has 1 fully saturated rings. The lowest BCUT2D eigenvalue weighted by atomic mass is 9.90. The van der Waals surface area contributed by atoms with Crippen LogP contribution in [0.5, 0.6) is 0 Å². The van der Waals surface area contributed by atoms with Gasteiger partial charge in [0.1, 0.15) is 0 Å². The van der Waals surface area contributed by atoms with Gasteiger partial charge in [-0.3, -0.25) is 4.98 Å². The van der Waals surface area contributed by atoms with Crippen LogP contribution in [-0.4, -0.2) is 17.6 Å². The van der Waals surface area contributed by atoms with E-state index in [0.29, 0.717) is 12.0 Å². The van der Waals surface area contributed by atoms with Crippen molar-refractivity contribution >= 4 is 0 Å². The van der Waals surface area contributed by atoms with Crippen molar-refractivity contribution in [2.24, 2.45) is 5.92 Å². The number of rotatable bonds is 3. The topological polar surface area (TPSA) is 24.9 Å². The quantitative estimate of drug-likeness (QED) is 0.844. The van der Waals surface area contributed by atoms with Gasteiger partial charge in [-0.25, -0.2) is 0 Å². The van der Waals surface area contributed by atoms with Gasteiger partial charge in [0.25, 0.3) is 0 Å². The number of nitrogens with one attached hydrogen (secondary N) is 1. The number of aromatic nitrogens is 1. The highest BCUT2D eigenvalue weighted by molar-refractivity contribution is 5.20. The minimum Gasteiger partial charge on any atom is -0.314 e. The first-order valence-corrected chi connectivity index (χ1v) is 6.38. The Labute approximate surface area is 98.5 Å². The van der Waals surface area contributed by atoms with E-state index in [2.05, 4.69) is 42.5 Å². The summed E-state index contributed by atoms with van der Waals surface area (Å²) < 4.78 is 0. The summed E-state index contributed by atoms with van der Waals surface area (Å²) in [6, 6.07) is 5.07. The third-order valence-electron chi connectivity index (χ3n) is 3.89. The SMILES string of the molecule is CCNC1CCC(c2ccc(C)nc2)C1C. The van der Waals surface area contributed by atoms with E-state index in [0.717, 1.165) is 18.2 Å². The molecule has 16 heavy (non-hydrogen) atoms. The Morgan fingerprint density at radius 1 is 1.38 bits per heavy atom. The van der Waals surface area contributed by atoms with Crippen LogP contribution in [0, 0.1) is 12.8 Å². The largest absolute Gasteiger partial charge is 0.314 e. The van der Waals surface area contributed by atoms with Gasteiger partial charge in [-0.1, -0.05) is 19.9 Å². The molecule has 1 aromatic heterocycles. The van der Waals surface area contributed by atoms with Gasteiger partial charge in [-0.05, 0) is 49.8 Å². The molecule has 1 heterocycles. The van der Waals surface area contributed by atoms with E-state index in [-0.39, 0.29) is 0 Å². The van der Waals surface area contributed by atoms with Crippen molar-refractivity contribution in [2.75, 3.05) is 6.54 Å². The van der Waals surface area contributed by atoms with Crippen molar-refractivity contribution in [1.82, 2.24) is 10.3 Å². The number of aryl methyl sites for hydroxylation is 1. The molecule has 88 valence electrons. The summed E-state index contributed by atoms with van der Waals surface area (Å²) in [6.07, 6.45) is 4.65. The molecule has 0 amide bonds. The van der Waals surface area contributed by atoms with Crippen LogP contribution in [0.1, 0.15) is 43.9 Å². The van der Waals surface area contributed by atoms with E-state index in [1.807, 2.05) is 6.92 Å². The molecule has 1 aliphatic rings. The summed E-state index contributed by atoms with van der Waals surface area (Å²) in [5, 5.41) is 3.58. The molecule has 0 spiro atoms. The molecular formula is C14H22N2. The van der Waals surface area contributed by atoms with Gasteiger partial charge in [-0.15, -0.1) is 0 Å². The maximum Gasteiger partial charge on any atom is 0.0372 e. The molecule has 2 heteroatoms. The highest BCUT2D eigenvalue weighted by atomic mass is 14.9. The van der Waals surface area contributed by atoms with Crippen LogP contribution >= 0.6 is 0 Å². The van der Waals surface area contributed by atoms with Crippen molar-refractivity contribution < 1.29 is 0 Å². The molecule has 1 aliphatic carbocycles. The average molecular weight is 218 g/mol. The molecule has 1 saturated carbocycles. The Balaban J connectivity index is 2.08. The summed E-state index contributed by atoms with van der Waals surface area (Å²) >= 11 is 0. The standard InChI is InChI=1S/C14H22N2/c1-4-15-14-8-7-13(11(14)3)12-6-5-10(2)16-9-12/h5-6,9,11,13-15H,4,7-8H2,1-3H3. The lowest BCUT2D eigenvalue weighted by Crippen LogP contribution is -2.32. The van der Waals surface area contributed by atoms with Crippen molar-refractivity contribution in [1.29, 1.82) is 0 Å². The Morgan fingerprint density at radius 2 is 2.19 bits per heavy atom. The average Bonchev–Trinajstić information content (AvgIpc) is 2.63. The fourth-order valence-corrected chi connectivity index (χ4v) is 2.88. The third-order valence-corrected chi connectivity index (χ3v) is 3.89. The van der Waals surface area contributed by atoms with E-state index in [1.165, 1.54) is 18.4 Å². The van der Waals surface area contributed by atoms with Gasteiger partial charge in [-0.2, -0.15) is 0 Å². The normalized spacial score (nSPS) is 29.6. The van der Waals surface area contributed by atoms with Gasteiger partial charge in [0.15, 0.2) is 0 Å². The van der Waals surface area contributed by atoms with Gasteiger partial charge >= 0.3 is 0 Å². The van der Waals surface area contributed by atoms with Gasteiger partial charge < -0.3 is 5.32 Å². The van der Waals surface area contributed by atoms with Gasteiger partial charge in [0, 0.05) is 17.9 Å². The zero-order valence-corrected chi connectivity index (χ0v) is 10.5. The molecule has 0 aliphatic heterocycles. The Bertz CT molecular complexity index is 331. The first-order valence-electron chi connectivity index (χ1n) is 6.38. The molecule has 1 N–H and O–H groups in total. The van der Waals surface area contributed by atoms with Gasteiger partial charge in [0.2, 0.25) is 0 Å². The Hall–Kier alpha value is -0.890. The highest BCUT2D eigenvalue weighted by Gasteiger charge is 2.32. The van der Waals surface area contributed by atoms with Crippen LogP contribution in [0.3, 0.4) is 0 Å². The molecule has 2 nitrogen and oxygen atoms in total. The molecule has 3 unspecified atom stereocenters. The van der Waals surface area contributed by atoms with Crippen molar-refractivity contribution in [3.05, 3.63) is 29.6 Å². The molecular weight excluding hydrogens is 196 g/mol. The lowest BCUT2D eigenvalue weighted by Gasteiger charge is -2.21. The fourth-order valence-electron chi connectivity index (χ4n) is 2.88. The van der Waals surface area contributed by atoms with Gasteiger partial charge in [0.05, 0.1) is 0 Å². The molecule has 0 saturated heterocycles. The zero-order chi connectivity index (χ0) is 11.5. The van der Waals surface area contributed by atoms with Crippen LogP contribution in [0.4, 0.5) is 0 Å². The summed E-state index contributed by atoms with van der Waals surface area (Å²) in [5.74, 6) is 1.42. The fraction of sp³-hybridized carbons (Fsp3) is 0.643. The molecule has 2 rings (SSSR count). The number of pyridine rings is 1. The predicted molar refractivity (Wildman–Crippen MR) is 67.6 cm³/mol. The lowest BCUT2D eigenvalue weighted by molar-refractivity contribution is 0.411. The molecule has 0 radical (unpaired) electrons. The minimum absolute atomic E-state index is 0.691. The number of hydrogen-bond donors (Lipinski definition) is 1. The molecule has 1 aromatic rings. The first kappa shape index (κ1) is 11.6. The zero-order valence-electron chi connectivity index (χ0n) is 10.5. The number of hydrogen-bond acceptors (Lipinski definition) is 2. The minimum atomic E-state index is 0.691. The van der Waals surface area contributed by atoms with E-state index < -0.39 is 0 Å². The predicted octanol–water partition coefficient (Wildman–Crippen LogP) is 2.88. The molecule has 0 bridgehead atoms. The first-order chi connectivity index (χ1) is 7.72. The second-order valence-electron chi connectivity index (χ2n) is 4.94. The summed E-state index contributed by atoms with van der Waals surface area (Å²) in [7, 11) is 0. The van der Waals surface area contributed by atoms with Crippen molar-refractivity contribution in [3.63, 3.8) is 0 Å².